The number of benzene rings is 1. The summed E-state index contributed by atoms with van der Waals surface area (Å²) in [7, 11) is 1.24. The van der Waals surface area contributed by atoms with Gasteiger partial charge in [0.15, 0.2) is 17.3 Å². The van der Waals surface area contributed by atoms with Gasteiger partial charge in [0.2, 0.25) is 6.79 Å². The van der Waals surface area contributed by atoms with Crippen molar-refractivity contribution in [1.82, 2.24) is 0 Å². The minimum absolute atomic E-state index is 0.0472. The van der Waals surface area contributed by atoms with E-state index in [9.17, 15) is 19.7 Å². The lowest BCUT2D eigenvalue weighted by molar-refractivity contribution is -0.385. The molecule has 9 nitrogen and oxygen atoms in total. The van der Waals surface area contributed by atoms with Gasteiger partial charge < -0.3 is 14.2 Å². The molecule has 146 valence electrons. The van der Waals surface area contributed by atoms with Gasteiger partial charge in [0.25, 0.3) is 5.69 Å². The van der Waals surface area contributed by atoms with E-state index in [4.69, 9.17) is 14.2 Å². The van der Waals surface area contributed by atoms with Crippen molar-refractivity contribution >= 4 is 23.2 Å². The van der Waals surface area contributed by atoms with Gasteiger partial charge in [-0.1, -0.05) is 0 Å². The van der Waals surface area contributed by atoms with Crippen molar-refractivity contribution in [3.05, 3.63) is 39.1 Å². The maximum absolute atomic E-state index is 12.8. The van der Waals surface area contributed by atoms with Crippen molar-refractivity contribution < 1.29 is 28.7 Å². The van der Waals surface area contributed by atoms with E-state index in [1.165, 1.54) is 19.2 Å². The lowest BCUT2D eigenvalue weighted by Crippen LogP contribution is -2.37. The van der Waals surface area contributed by atoms with Crippen molar-refractivity contribution in [3.8, 4) is 11.5 Å². The fraction of sp³-hybridized carbons (Fsp3) is 0.421. The maximum atomic E-state index is 12.8. The molecule has 0 spiro atoms. The van der Waals surface area contributed by atoms with Crippen LogP contribution in [0.4, 0.5) is 5.69 Å². The molecule has 4 rings (SSSR count). The number of ketones is 1. The summed E-state index contributed by atoms with van der Waals surface area (Å²) in [4.78, 5) is 41.1. The van der Waals surface area contributed by atoms with Crippen LogP contribution in [-0.4, -0.2) is 36.3 Å². The highest BCUT2D eigenvalue weighted by molar-refractivity contribution is 6.09. The van der Waals surface area contributed by atoms with Crippen LogP contribution in [0.15, 0.2) is 28.4 Å². The Balaban J connectivity index is 1.98. The van der Waals surface area contributed by atoms with Gasteiger partial charge in [-0.25, -0.2) is 0 Å². The summed E-state index contributed by atoms with van der Waals surface area (Å²) in [6, 6.07) is 2.77. The van der Waals surface area contributed by atoms with E-state index in [-0.39, 0.29) is 29.6 Å². The quantitative estimate of drug-likeness (QED) is 0.445. The summed E-state index contributed by atoms with van der Waals surface area (Å²) >= 11 is 0. The fourth-order valence-corrected chi connectivity index (χ4v) is 4.13. The van der Waals surface area contributed by atoms with Gasteiger partial charge in [0.1, 0.15) is 5.92 Å². The molecule has 0 aromatic heterocycles. The van der Waals surface area contributed by atoms with Gasteiger partial charge in [-0.3, -0.25) is 24.7 Å². The smallest absolute Gasteiger partial charge is 0.315 e. The predicted molar refractivity (Wildman–Crippen MR) is 96.5 cm³/mol. The Bertz CT molecular complexity index is 963. The van der Waals surface area contributed by atoms with Gasteiger partial charge in [-0.2, -0.15) is 0 Å². The number of carbonyl (C=O) groups is 2. The molecule has 2 aliphatic heterocycles. The summed E-state index contributed by atoms with van der Waals surface area (Å²) in [5.74, 6) is -1.93. The normalized spacial score (nSPS) is 23.2. The molecule has 0 bridgehead atoms. The molecule has 3 aliphatic rings. The molecule has 0 amide bonds. The Morgan fingerprint density at radius 1 is 1.29 bits per heavy atom. The third-order valence-electron chi connectivity index (χ3n) is 5.34. The number of esters is 1. The lowest BCUT2D eigenvalue weighted by Gasteiger charge is -2.34. The monoisotopic (exact) mass is 386 g/mol. The van der Waals surface area contributed by atoms with Crippen LogP contribution < -0.4 is 9.47 Å². The summed E-state index contributed by atoms with van der Waals surface area (Å²) in [6.45, 7) is 1.63. The number of hydrogen-bond donors (Lipinski definition) is 0. The number of hydrogen-bond acceptors (Lipinski definition) is 8. The van der Waals surface area contributed by atoms with E-state index in [0.717, 1.165) is 0 Å². The average Bonchev–Trinajstić information content (AvgIpc) is 3.13. The highest BCUT2D eigenvalue weighted by Crippen LogP contribution is 2.49. The zero-order valence-corrected chi connectivity index (χ0v) is 15.4. The van der Waals surface area contributed by atoms with Gasteiger partial charge in [-0.15, -0.1) is 0 Å². The van der Waals surface area contributed by atoms with Crippen LogP contribution in [0.3, 0.4) is 0 Å². The number of methoxy groups -OCH3 is 1. The highest BCUT2D eigenvalue weighted by atomic mass is 16.7. The van der Waals surface area contributed by atoms with Crippen molar-refractivity contribution in [2.45, 2.75) is 32.1 Å². The molecule has 2 heterocycles. The molecule has 0 saturated heterocycles. The Hall–Kier alpha value is -3.23. The summed E-state index contributed by atoms with van der Waals surface area (Å²) < 4.78 is 15.6. The first kappa shape index (κ1) is 18.1. The molecule has 9 heteroatoms. The average molecular weight is 386 g/mol. The number of rotatable bonds is 3. The van der Waals surface area contributed by atoms with Gasteiger partial charge in [-0.05, 0) is 25.8 Å². The first-order chi connectivity index (χ1) is 13.4. The molecular formula is C19H18N2O7. The molecule has 0 N–H and O–H groups in total. The second-order valence-electron chi connectivity index (χ2n) is 6.89. The van der Waals surface area contributed by atoms with Gasteiger partial charge in [0, 0.05) is 34.9 Å². The first-order valence-corrected chi connectivity index (χ1v) is 8.89. The predicted octanol–water partition coefficient (Wildman–Crippen LogP) is 2.68. The van der Waals surface area contributed by atoms with Gasteiger partial charge in [0.05, 0.1) is 18.1 Å². The Labute approximate surface area is 160 Å². The Kier molecular flexibility index (Phi) is 4.37. The maximum Gasteiger partial charge on any atom is 0.315 e. The van der Waals surface area contributed by atoms with Crippen LogP contribution in [0.5, 0.6) is 11.5 Å². The number of nitro groups is 1. The van der Waals surface area contributed by atoms with E-state index in [0.29, 0.717) is 42.0 Å². The molecule has 0 radical (unpaired) electrons. The second kappa shape index (κ2) is 6.74. The van der Waals surface area contributed by atoms with Gasteiger partial charge >= 0.3 is 5.97 Å². The first-order valence-electron chi connectivity index (χ1n) is 8.89. The zero-order chi connectivity index (χ0) is 20.0. The van der Waals surface area contributed by atoms with Crippen LogP contribution in [0, 0.1) is 16.0 Å². The number of nitro benzene ring substituents is 1. The van der Waals surface area contributed by atoms with E-state index in [1.54, 1.807) is 6.92 Å². The summed E-state index contributed by atoms with van der Waals surface area (Å²) in [5, 5.41) is 11.8. The summed E-state index contributed by atoms with van der Waals surface area (Å²) in [6.07, 6.45) is 1.56. The van der Waals surface area contributed by atoms with Crippen molar-refractivity contribution in [3.63, 3.8) is 0 Å². The third-order valence-corrected chi connectivity index (χ3v) is 5.34. The largest absolute Gasteiger partial charge is 0.468 e. The molecule has 0 saturated carbocycles. The molecule has 1 aromatic carbocycles. The summed E-state index contributed by atoms with van der Waals surface area (Å²) in [5.41, 5.74) is 1.40. The van der Waals surface area contributed by atoms with Crippen LogP contribution in [-0.2, 0) is 14.3 Å². The molecular weight excluding hydrogens is 368 g/mol. The number of aliphatic imine (C=N–C) groups is 1. The minimum Gasteiger partial charge on any atom is -0.468 e. The number of ether oxygens (including phenoxy) is 3. The van der Waals surface area contributed by atoms with Crippen LogP contribution in [0.2, 0.25) is 0 Å². The van der Waals surface area contributed by atoms with Crippen LogP contribution in [0.25, 0.3) is 0 Å². The second-order valence-corrected chi connectivity index (χ2v) is 6.89. The molecule has 0 fully saturated rings. The minimum atomic E-state index is -0.926. The van der Waals surface area contributed by atoms with Crippen molar-refractivity contribution in [2.24, 2.45) is 10.9 Å². The Morgan fingerprint density at radius 3 is 2.68 bits per heavy atom. The van der Waals surface area contributed by atoms with Crippen molar-refractivity contribution in [2.75, 3.05) is 13.9 Å². The lowest BCUT2D eigenvalue weighted by atomic mass is 9.71. The standard InChI is InChI=1S/C19H18N2O7/c1-9-16(19(23)26-2)17(18-11(20-9)4-3-5-13(18)22)10-6-14-15(28-8-27-14)7-12(10)21(24)25/h6-7,16-17H,3-5,8H2,1-2H3/t16?,17-/m1/s1. The van der Waals surface area contributed by atoms with Crippen LogP contribution in [0.1, 0.15) is 37.7 Å². The zero-order valence-electron chi connectivity index (χ0n) is 15.4. The van der Waals surface area contributed by atoms with E-state index >= 15 is 0 Å². The topological polar surface area (TPSA) is 117 Å². The van der Waals surface area contributed by atoms with E-state index in [2.05, 4.69) is 4.99 Å². The molecule has 2 atom stereocenters. The number of fused-ring (bicyclic) bond motifs is 1. The molecule has 1 aliphatic carbocycles. The molecule has 1 aromatic rings. The Morgan fingerprint density at radius 2 is 2.00 bits per heavy atom. The molecule has 28 heavy (non-hydrogen) atoms. The highest BCUT2D eigenvalue weighted by Gasteiger charge is 2.46. The third kappa shape index (κ3) is 2.74. The number of nitrogens with zero attached hydrogens (tertiary/aromatic N) is 2. The fourth-order valence-electron chi connectivity index (χ4n) is 4.13. The number of carbonyl (C=O) groups excluding carboxylic acids is 2. The van der Waals surface area contributed by atoms with E-state index in [1.807, 2.05) is 0 Å². The number of allylic oxidation sites excluding steroid dienone is 2. The SMILES string of the molecule is COC(=O)C1C(C)=NC2=C(C(=O)CCC2)[C@@H]1c1cc2c(cc1[N+](=O)[O-])OCO2. The van der Waals surface area contributed by atoms with E-state index < -0.39 is 22.7 Å². The van der Waals surface area contributed by atoms with Crippen molar-refractivity contribution in [1.29, 1.82) is 0 Å². The molecule has 1 unspecified atom stereocenters. The number of Topliss-reactive ketones (excluding diaryl/α,β-unsaturated/α-hetero) is 1. The van der Waals surface area contributed by atoms with Crippen LogP contribution >= 0.6 is 0 Å².